The molecule has 1 amide bonds. The van der Waals surface area contributed by atoms with Crippen LogP contribution in [0.15, 0.2) is 30.5 Å². The molecule has 0 bridgehead atoms. The van der Waals surface area contributed by atoms with Crippen LogP contribution in [0, 0.1) is 15.2 Å². The van der Waals surface area contributed by atoms with Crippen molar-refractivity contribution in [1.82, 2.24) is 9.47 Å². The number of anilines is 2. The summed E-state index contributed by atoms with van der Waals surface area (Å²) in [6, 6.07) is 6.21. The molecule has 1 saturated heterocycles. The third kappa shape index (κ3) is 6.79. The highest BCUT2D eigenvalue weighted by Gasteiger charge is 2.30. The first-order valence-electron chi connectivity index (χ1n) is 14.2. The van der Waals surface area contributed by atoms with Crippen molar-refractivity contribution < 1.29 is 26.7 Å². The Morgan fingerprint density at radius 1 is 1.14 bits per heavy atom. The number of nitrogens with one attached hydrogen (secondary N) is 1. The second kappa shape index (κ2) is 12.6. The number of piperidine rings is 1. The number of carbonyl (C=O) groups excluding carboxylic acids is 1. The van der Waals surface area contributed by atoms with Crippen LogP contribution >= 0.6 is 22.6 Å². The van der Waals surface area contributed by atoms with Gasteiger partial charge in [0.1, 0.15) is 17.1 Å². The molecule has 2 aromatic carbocycles. The molecule has 1 aliphatic rings. The monoisotopic (exact) mass is 716 g/mol. The van der Waals surface area contributed by atoms with Crippen LogP contribution in [-0.4, -0.2) is 61.5 Å². The Morgan fingerprint density at radius 2 is 1.81 bits per heavy atom. The Hall–Kier alpha value is -2.61. The number of sulfonamides is 1. The van der Waals surface area contributed by atoms with Gasteiger partial charge >= 0.3 is 6.09 Å². The summed E-state index contributed by atoms with van der Waals surface area (Å²) in [4.78, 5) is 16.5. The van der Waals surface area contributed by atoms with E-state index in [1.165, 1.54) is 4.57 Å². The second-order valence-corrected chi connectivity index (χ2v) is 14.6. The first-order chi connectivity index (χ1) is 19.7. The van der Waals surface area contributed by atoms with Crippen LogP contribution in [0.3, 0.4) is 0 Å². The van der Waals surface area contributed by atoms with Gasteiger partial charge in [-0.3, -0.25) is 4.72 Å². The average molecular weight is 717 g/mol. The van der Waals surface area contributed by atoms with Crippen LogP contribution in [0.1, 0.15) is 59.4 Å². The Labute approximate surface area is 260 Å². The summed E-state index contributed by atoms with van der Waals surface area (Å²) in [5, 5.41) is 0.893. The van der Waals surface area contributed by atoms with Crippen LogP contribution in [0.5, 0.6) is 0 Å². The van der Waals surface area contributed by atoms with E-state index in [1.54, 1.807) is 18.0 Å². The first kappa shape index (κ1) is 32.3. The fourth-order valence-corrected chi connectivity index (χ4v) is 7.51. The summed E-state index contributed by atoms with van der Waals surface area (Å²) in [7, 11) is -1.72. The van der Waals surface area contributed by atoms with E-state index in [0.29, 0.717) is 31.4 Å². The van der Waals surface area contributed by atoms with Gasteiger partial charge in [-0.25, -0.2) is 22.0 Å². The lowest BCUT2D eigenvalue weighted by atomic mass is 9.99. The third-order valence-electron chi connectivity index (χ3n) is 7.45. The normalized spacial score (nSPS) is 14.8. The lowest BCUT2D eigenvalue weighted by molar-refractivity contribution is 0.0205. The van der Waals surface area contributed by atoms with Crippen molar-refractivity contribution in [1.29, 1.82) is 0 Å². The zero-order valence-corrected chi connectivity index (χ0v) is 27.9. The summed E-state index contributed by atoms with van der Waals surface area (Å²) >= 11 is 2.18. The van der Waals surface area contributed by atoms with Crippen molar-refractivity contribution in [2.75, 3.05) is 35.5 Å². The molecule has 0 radical (unpaired) electrons. The van der Waals surface area contributed by atoms with Crippen molar-refractivity contribution in [3.63, 3.8) is 0 Å². The molecule has 3 aromatic rings. The molecular weight excluding hydrogens is 677 g/mol. The Bertz CT molecular complexity index is 1580. The lowest BCUT2D eigenvalue weighted by Gasteiger charge is -2.39. The van der Waals surface area contributed by atoms with E-state index < -0.39 is 27.3 Å². The van der Waals surface area contributed by atoms with E-state index in [4.69, 9.17) is 4.74 Å². The van der Waals surface area contributed by atoms with Gasteiger partial charge in [0.15, 0.2) is 5.82 Å². The van der Waals surface area contributed by atoms with Gasteiger partial charge in [0, 0.05) is 47.0 Å². The fraction of sp³-hybridized carbons (Fsp3) is 0.500. The van der Waals surface area contributed by atoms with Gasteiger partial charge in [-0.1, -0.05) is 13.8 Å². The van der Waals surface area contributed by atoms with Gasteiger partial charge in [-0.2, -0.15) is 0 Å². The van der Waals surface area contributed by atoms with Gasteiger partial charge in [0.25, 0.3) is 0 Å². The number of likely N-dealkylation sites (tertiary alicyclic amines) is 1. The molecule has 4 rings (SSSR count). The molecule has 42 heavy (non-hydrogen) atoms. The smallest absolute Gasteiger partial charge is 0.410 e. The number of carbonyl (C=O) groups is 1. The van der Waals surface area contributed by atoms with E-state index in [2.05, 4.69) is 39.1 Å². The molecule has 1 fully saturated rings. The van der Waals surface area contributed by atoms with Crippen LogP contribution in [-0.2, 0) is 21.2 Å². The number of benzene rings is 2. The average Bonchev–Trinajstić information content (AvgIpc) is 3.24. The van der Waals surface area contributed by atoms with Gasteiger partial charge in [0.05, 0.1) is 17.0 Å². The first-order valence-corrected chi connectivity index (χ1v) is 16.9. The zero-order chi connectivity index (χ0) is 31.0. The van der Waals surface area contributed by atoms with Crippen LogP contribution in [0.4, 0.5) is 25.0 Å². The highest BCUT2D eigenvalue weighted by molar-refractivity contribution is 14.1. The Balaban J connectivity index is 1.67. The maximum absolute atomic E-state index is 15.7. The molecule has 1 aromatic heterocycles. The van der Waals surface area contributed by atoms with Gasteiger partial charge < -0.3 is 19.1 Å². The lowest BCUT2D eigenvalue weighted by Crippen LogP contribution is -2.47. The molecule has 0 atom stereocenters. The molecule has 2 heterocycles. The number of nitrogens with zero attached hydrogens (tertiary/aromatic N) is 3. The molecule has 0 saturated carbocycles. The van der Waals surface area contributed by atoms with Gasteiger partial charge in [0.2, 0.25) is 10.0 Å². The molecule has 230 valence electrons. The minimum atomic E-state index is -3.77. The number of aryl methyl sites for hydroxylation is 1. The molecule has 12 heteroatoms. The zero-order valence-electron chi connectivity index (χ0n) is 24.9. The van der Waals surface area contributed by atoms with Crippen molar-refractivity contribution in [2.24, 2.45) is 0 Å². The van der Waals surface area contributed by atoms with E-state index in [0.717, 1.165) is 45.2 Å². The topological polar surface area (TPSA) is 83.9 Å². The molecule has 0 spiro atoms. The van der Waals surface area contributed by atoms with Gasteiger partial charge in [-0.15, -0.1) is 0 Å². The predicted octanol–water partition coefficient (Wildman–Crippen LogP) is 7.06. The minimum Gasteiger partial charge on any atom is -0.444 e. The molecule has 1 aliphatic heterocycles. The molecule has 1 N–H and O–H groups in total. The van der Waals surface area contributed by atoms with Crippen LogP contribution < -0.4 is 9.62 Å². The van der Waals surface area contributed by atoms with Crippen molar-refractivity contribution >= 4 is 61.0 Å². The number of halogens is 3. The molecule has 0 unspecified atom stereocenters. The highest BCUT2D eigenvalue weighted by atomic mass is 127. The quantitative estimate of drug-likeness (QED) is 0.253. The predicted molar refractivity (Wildman–Crippen MR) is 172 cm³/mol. The minimum absolute atomic E-state index is 0.167. The summed E-state index contributed by atoms with van der Waals surface area (Å²) in [6.07, 6.45) is 4.01. The number of aromatic nitrogens is 1. The third-order valence-corrected chi connectivity index (χ3v) is 9.75. The number of fused-ring (bicyclic) bond motifs is 1. The van der Waals surface area contributed by atoms with E-state index >= 15 is 8.78 Å². The van der Waals surface area contributed by atoms with Crippen LogP contribution in [0.2, 0.25) is 0 Å². The standard InChI is InChI=1S/C30H39F2IN4O4S/c1-7-17-42(39,40)34-23-10-9-21(31)28(27(23)32)37-18-22(33)26-20(8-2)24(11-12-25(26)37)35(6)19-13-15-36(16-14-19)29(38)41-30(3,4)5/h9-12,18-19,34H,7-8,13-17H2,1-6H3. The summed E-state index contributed by atoms with van der Waals surface area (Å²) in [5.41, 5.74) is 1.53. The number of ether oxygens (including phenoxy) is 1. The van der Waals surface area contributed by atoms with E-state index in [9.17, 15) is 13.2 Å². The maximum Gasteiger partial charge on any atom is 0.410 e. The number of hydrogen-bond donors (Lipinski definition) is 1. The maximum atomic E-state index is 15.7. The Kier molecular flexibility index (Phi) is 9.66. The van der Waals surface area contributed by atoms with E-state index in [-0.39, 0.29) is 29.3 Å². The van der Waals surface area contributed by atoms with Crippen molar-refractivity contribution in [2.45, 2.75) is 71.9 Å². The number of hydrogen-bond acceptors (Lipinski definition) is 5. The van der Waals surface area contributed by atoms with Crippen LogP contribution in [0.25, 0.3) is 16.6 Å². The molecule has 8 nitrogen and oxygen atoms in total. The summed E-state index contributed by atoms with van der Waals surface area (Å²) < 4.78 is 65.6. The second-order valence-electron chi connectivity index (χ2n) is 11.6. The Morgan fingerprint density at radius 3 is 2.40 bits per heavy atom. The fourth-order valence-electron chi connectivity index (χ4n) is 5.50. The van der Waals surface area contributed by atoms with Gasteiger partial charge in [-0.05, 0) is 98.9 Å². The summed E-state index contributed by atoms with van der Waals surface area (Å²) in [5.74, 6) is -1.94. The number of rotatable bonds is 8. The molecular formula is C30H39F2IN4O4S. The largest absolute Gasteiger partial charge is 0.444 e. The molecule has 0 aliphatic carbocycles. The van der Waals surface area contributed by atoms with Crippen molar-refractivity contribution in [3.05, 3.63) is 51.2 Å². The summed E-state index contributed by atoms with van der Waals surface area (Å²) in [6.45, 7) is 10.5. The SMILES string of the molecule is CCCS(=O)(=O)Nc1ccc(F)c(-n2cc(I)c3c(CC)c(N(C)C4CCN(C(=O)OC(C)(C)C)CC4)ccc32)c1F. The van der Waals surface area contributed by atoms with Crippen molar-refractivity contribution in [3.8, 4) is 5.69 Å². The number of amides is 1. The highest BCUT2D eigenvalue weighted by Crippen LogP contribution is 2.38. The van der Waals surface area contributed by atoms with E-state index in [1.807, 2.05) is 40.0 Å².